The molecule has 14 aromatic rings. The van der Waals surface area contributed by atoms with E-state index in [1.165, 1.54) is 21.5 Å². The summed E-state index contributed by atoms with van der Waals surface area (Å²) >= 11 is 0. The van der Waals surface area contributed by atoms with Gasteiger partial charge >= 0.3 is 0 Å². The third kappa shape index (κ3) is 5.15. The number of rotatable bonds is 4. The van der Waals surface area contributed by atoms with E-state index in [9.17, 15) is 0 Å². The number of fused-ring (bicyclic) bond motifs is 12. The molecule has 0 bridgehead atoms. The van der Waals surface area contributed by atoms with E-state index in [0.717, 1.165) is 98.8 Å². The molecule has 0 unspecified atom stereocenters. The van der Waals surface area contributed by atoms with E-state index in [1.54, 1.807) is 0 Å². The van der Waals surface area contributed by atoms with Crippen molar-refractivity contribution in [3.05, 3.63) is 194 Å². The Morgan fingerprint density at radius 1 is 0.317 bits per heavy atom. The Balaban J connectivity index is 1.12. The molecule has 4 aromatic heterocycles. The minimum Gasteiger partial charge on any atom is -0.456 e. The lowest BCUT2D eigenvalue weighted by molar-refractivity contribution is 0.668. The first-order valence-corrected chi connectivity index (χ1v) is 21.2. The van der Waals surface area contributed by atoms with Crippen LogP contribution in [0.5, 0.6) is 0 Å². The standard InChI is InChI=1S/C57H32N4O2/c1-2-13-34-26-39(25-24-33(34)12-1)55-58-56(43-20-11-23-50-53(43)42-19-8-10-22-49(42)62-50)60-57(59-55)46-31-40(32-52-54(46)45-28-36-15-4-6-17-38(36)30-51(45)63-52)61-47-21-9-7-18-41(47)44-27-35-14-3-5-16-37(35)29-48(44)61/h1-32H. The van der Waals surface area contributed by atoms with Crippen molar-refractivity contribution in [2.75, 3.05) is 0 Å². The van der Waals surface area contributed by atoms with Crippen molar-refractivity contribution in [1.82, 2.24) is 19.5 Å². The molecule has 0 radical (unpaired) electrons. The fraction of sp³-hybridized carbons (Fsp3) is 0. The normalized spacial score (nSPS) is 12.1. The third-order valence-corrected chi connectivity index (χ3v) is 12.7. The molecular weight excluding hydrogens is 773 g/mol. The van der Waals surface area contributed by atoms with Gasteiger partial charge in [-0.1, -0.05) is 133 Å². The van der Waals surface area contributed by atoms with Crippen LogP contribution in [0.4, 0.5) is 0 Å². The van der Waals surface area contributed by atoms with Gasteiger partial charge in [0, 0.05) is 55.1 Å². The fourth-order valence-electron chi connectivity index (χ4n) is 9.85. The minimum absolute atomic E-state index is 0.543. The largest absolute Gasteiger partial charge is 0.456 e. The molecule has 0 saturated heterocycles. The molecule has 292 valence electrons. The second-order valence-electron chi connectivity index (χ2n) is 16.4. The van der Waals surface area contributed by atoms with Crippen LogP contribution in [0, 0.1) is 0 Å². The number of furan rings is 2. The Morgan fingerprint density at radius 3 is 1.71 bits per heavy atom. The summed E-state index contributed by atoms with van der Waals surface area (Å²) in [6.07, 6.45) is 0. The molecule has 0 spiro atoms. The van der Waals surface area contributed by atoms with Gasteiger partial charge in [0.1, 0.15) is 22.3 Å². The molecule has 0 aliphatic carbocycles. The smallest absolute Gasteiger partial charge is 0.164 e. The van der Waals surface area contributed by atoms with E-state index < -0.39 is 0 Å². The van der Waals surface area contributed by atoms with Gasteiger partial charge in [0.25, 0.3) is 0 Å². The summed E-state index contributed by atoms with van der Waals surface area (Å²) < 4.78 is 15.7. The van der Waals surface area contributed by atoms with Crippen molar-refractivity contribution >= 4 is 98.0 Å². The van der Waals surface area contributed by atoms with Crippen LogP contribution in [0.3, 0.4) is 0 Å². The Kier molecular flexibility index (Phi) is 7.02. The van der Waals surface area contributed by atoms with E-state index in [4.69, 9.17) is 23.8 Å². The summed E-state index contributed by atoms with van der Waals surface area (Å²) in [6.45, 7) is 0. The lowest BCUT2D eigenvalue weighted by Gasteiger charge is -2.13. The van der Waals surface area contributed by atoms with Crippen LogP contribution in [0.25, 0.3) is 138 Å². The molecule has 4 heterocycles. The maximum absolute atomic E-state index is 6.93. The predicted molar refractivity (Wildman–Crippen MR) is 258 cm³/mol. The van der Waals surface area contributed by atoms with Gasteiger partial charge in [-0.3, -0.25) is 0 Å². The first kappa shape index (κ1) is 34.1. The van der Waals surface area contributed by atoms with Crippen LogP contribution in [0.2, 0.25) is 0 Å². The van der Waals surface area contributed by atoms with Crippen LogP contribution < -0.4 is 0 Å². The van der Waals surface area contributed by atoms with Crippen molar-refractivity contribution in [3.8, 4) is 39.9 Å². The molecule has 0 fully saturated rings. The molecule has 0 amide bonds. The molecule has 6 nitrogen and oxygen atoms in total. The SMILES string of the molecule is c1ccc2cc(-c3nc(-c4cccc5oc6ccccc6c45)nc(-c4cc(-n5c6ccccc6c6cc7ccccc7cc65)cc5oc6cc7ccccc7cc6c45)n3)ccc2c1. The predicted octanol–water partition coefficient (Wildman–Crippen LogP) is 15.2. The molecule has 0 aliphatic rings. The van der Waals surface area contributed by atoms with Crippen LogP contribution in [0.15, 0.2) is 203 Å². The van der Waals surface area contributed by atoms with E-state index >= 15 is 0 Å². The Hall–Kier alpha value is -8.61. The van der Waals surface area contributed by atoms with Crippen molar-refractivity contribution < 1.29 is 8.83 Å². The average Bonchev–Trinajstić information content (AvgIpc) is 4.01. The Labute approximate surface area is 358 Å². The van der Waals surface area contributed by atoms with Gasteiger partial charge in [-0.2, -0.15) is 0 Å². The Morgan fingerprint density at radius 2 is 0.905 bits per heavy atom. The number of para-hydroxylation sites is 2. The zero-order valence-corrected chi connectivity index (χ0v) is 33.6. The number of benzene rings is 10. The van der Waals surface area contributed by atoms with Crippen molar-refractivity contribution in [1.29, 1.82) is 0 Å². The second-order valence-corrected chi connectivity index (χ2v) is 16.4. The zero-order valence-electron chi connectivity index (χ0n) is 33.6. The molecule has 63 heavy (non-hydrogen) atoms. The maximum Gasteiger partial charge on any atom is 0.164 e. The highest BCUT2D eigenvalue weighted by molar-refractivity contribution is 6.18. The van der Waals surface area contributed by atoms with E-state index in [0.29, 0.717) is 17.5 Å². The first-order chi connectivity index (χ1) is 31.2. The zero-order chi connectivity index (χ0) is 41.2. The summed E-state index contributed by atoms with van der Waals surface area (Å²) in [5.41, 5.74) is 8.90. The summed E-state index contributed by atoms with van der Waals surface area (Å²) in [4.78, 5) is 16.2. The van der Waals surface area contributed by atoms with Crippen LogP contribution in [0.1, 0.15) is 0 Å². The maximum atomic E-state index is 6.93. The minimum atomic E-state index is 0.543. The van der Waals surface area contributed by atoms with Crippen LogP contribution in [-0.4, -0.2) is 19.5 Å². The summed E-state index contributed by atoms with van der Waals surface area (Å²) in [6, 6.07) is 68.1. The highest BCUT2D eigenvalue weighted by atomic mass is 16.3. The molecule has 6 heteroatoms. The van der Waals surface area contributed by atoms with E-state index in [2.05, 4.69) is 168 Å². The lowest BCUT2D eigenvalue weighted by atomic mass is 10.0. The van der Waals surface area contributed by atoms with Crippen LogP contribution >= 0.6 is 0 Å². The molecule has 0 atom stereocenters. The summed E-state index contributed by atoms with van der Waals surface area (Å²) in [5, 5.41) is 13.1. The van der Waals surface area contributed by atoms with Gasteiger partial charge in [0.15, 0.2) is 17.5 Å². The summed E-state index contributed by atoms with van der Waals surface area (Å²) in [5.74, 6) is 1.67. The number of nitrogens with zero attached hydrogens (tertiary/aromatic N) is 4. The fourth-order valence-corrected chi connectivity index (χ4v) is 9.85. The lowest BCUT2D eigenvalue weighted by Crippen LogP contribution is -2.02. The number of aromatic nitrogens is 4. The molecule has 10 aromatic carbocycles. The van der Waals surface area contributed by atoms with Crippen LogP contribution in [-0.2, 0) is 0 Å². The number of hydrogen-bond acceptors (Lipinski definition) is 5. The van der Waals surface area contributed by atoms with Gasteiger partial charge in [-0.05, 0) is 86.9 Å². The molecule has 0 aliphatic heterocycles. The average molecular weight is 805 g/mol. The summed E-state index contributed by atoms with van der Waals surface area (Å²) in [7, 11) is 0. The Bertz CT molecular complexity index is 4230. The number of hydrogen-bond donors (Lipinski definition) is 0. The van der Waals surface area contributed by atoms with Crippen molar-refractivity contribution in [3.63, 3.8) is 0 Å². The highest BCUT2D eigenvalue weighted by Gasteiger charge is 2.23. The van der Waals surface area contributed by atoms with Gasteiger partial charge < -0.3 is 13.4 Å². The molecule has 0 N–H and O–H groups in total. The third-order valence-electron chi connectivity index (χ3n) is 12.7. The topological polar surface area (TPSA) is 69.9 Å². The monoisotopic (exact) mass is 804 g/mol. The van der Waals surface area contributed by atoms with Gasteiger partial charge in [0.2, 0.25) is 0 Å². The van der Waals surface area contributed by atoms with Crippen molar-refractivity contribution in [2.45, 2.75) is 0 Å². The first-order valence-electron chi connectivity index (χ1n) is 21.2. The van der Waals surface area contributed by atoms with Gasteiger partial charge in [-0.25, -0.2) is 15.0 Å². The van der Waals surface area contributed by atoms with E-state index in [-0.39, 0.29) is 0 Å². The quantitative estimate of drug-likeness (QED) is 0.177. The molecular formula is C57H32N4O2. The highest BCUT2D eigenvalue weighted by Crippen LogP contribution is 2.43. The van der Waals surface area contributed by atoms with Gasteiger partial charge in [0.05, 0.1) is 16.7 Å². The van der Waals surface area contributed by atoms with E-state index in [1.807, 2.05) is 30.3 Å². The van der Waals surface area contributed by atoms with Gasteiger partial charge in [-0.15, -0.1) is 0 Å². The molecule has 0 saturated carbocycles. The molecule has 14 rings (SSSR count). The second kappa shape index (κ2) is 12.9. The van der Waals surface area contributed by atoms with Crippen molar-refractivity contribution in [2.24, 2.45) is 0 Å².